The number of amides is 2. The van der Waals surface area contributed by atoms with E-state index in [0.29, 0.717) is 29.2 Å². The predicted molar refractivity (Wildman–Crippen MR) is 111 cm³/mol. The first-order valence-electron chi connectivity index (χ1n) is 9.28. The number of hydrogen-bond donors (Lipinski definition) is 1. The van der Waals surface area contributed by atoms with Crippen LogP contribution in [0.15, 0.2) is 42.5 Å². The van der Waals surface area contributed by atoms with E-state index in [1.54, 1.807) is 24.3 Å². The van der Waals surface area contributed by atoms with Crippen molar-refractivity contribution in [3.63, 3.8) is 0 Å². The van der Waals surface area contributed by atoms with Gasteiger partial charge in [-0.2, -0.15) is 0 Å². The van der Waals surface area contributed by atoms with Gasteiger partial charge in [-0.3, -0.25) is 14.5 Å². The summed E-state index contributed by atoms with van der Waals surface area (Å²) < 4.78 is 5.23. The molecule has 8 heteroatoms. The topological polar surface area (TPSA) is 75.7 Å². The van der Waals surface area contributed by atoms with E-state index in [4.69, 9.17) is 27.9 Å². The molecule has 0 unspecified atom stereocenters. The number of anilines is 2. The lowest BCUT2D eigenvalue weighted by Gasteiger charge is -2.44. The summed E-state index contributed by atoms with van der Waals surface area (Å²) in [5.41, 5.74) is 0.435. The summed E-state index contributed by atoms with van der Waals surface area (Å²) in [6, 6.07) is 11.5. The van der Waals surface area contributed by atoms with Gasteiger partial charge in [-0.25, -0.2) is 4.79 Å². The molecule has 1 heterocycles. The fourth-order valence-electron chi connectivity index (χ4n) is 4.03. The SMILES string of the molecule is O=C(OCC(=O)N1c2ccccc2NC(=O)C12CCCC2)c1ccc(Cl)c(Cl)c1. The number of carbonyl (C=O) groups excluding carboxylic acids is 3. The second kappa shape index (κ2) is 7.69. The molecule has 4 rings (SSSR count). The van der Waals surface area contributed by atoms with Crippen LogP contribution in [-0.4, -0.2) is 29.9 Å². The fourth-order valence-corrected chi connectivity index (χ4v) is 4.33. The molecular formula is C21H18Cl2N2O4. The summed E-state index contributed by atoms with van der Waals surface area (Å²) in [6.45, 7) is -0.484. The lowest BCUT2D eigenvalue weighted by molar-refractivity contribution is -0.129. The molecule has 1 fully saturated rings. The summed E-state index contributed by atoms with van der Waals surface area (Å²) in [6.07, 6.45) is 2.84. The molecule has 1 spiro atoms. The van der Waals surface area contributed by atoms with E-state index >= 15 is 0 Å². The minimum absolute atomic E-state index is 0.194. The standard InChI is InChI=1S/C21H18Cl2N2O4/c22-14-8-7-13(11-15(14)23)19(27)29-12-18(26)25-17-6-2-1-5-16(17)24-20(28)21(25)9-3-4-10-21/h1-2,5-8,11H,3-4,9-10,12H2,(H,24,28). The highest BCUT2D eigenvalue weighted by Gasteiger charge is 2.52. The van der Waals surface area contributed by atoms with Gasteiger partial charge in [0.1, 0.15) is 5.54 Å². The van der Waals surface area contributed by atoms with E-state index < -0.39 is 24.0 Å². The Morgan fingerprint density at radius 2 is 1.79 bits per heavy atom. The summed E-state index contributed by atoms with van der Waals surface area (Å²) in [7, 11) is 0. The molecule has 0 saturated heterocycles. The van der Waals surface area contributed by atoms with Crippen LogP contribution >= 0.6 is 23.2 Å². The Bertz CT molecular complexity index is 1000. The number of fused-ring (bicyclic) bond motifs is 1. The van der Waals surface area contributed by atoms with E-state index in [1.165, 1.54) is 23.1 Å². The average Bonchev–Trinajstić information content (AvgIpc) is 3.19. The maximum atomic E-state index is 13.1. The lowest BCUT2D eigenvalue weighted by atomic mass is 9.90. The van der Waals surface area contributed by atoms with Crippen molar-refractivity contribution in [2.75, 3.05) is 16.8 Å². The first kappa shape index (κ1) is 19.7. The van der Waals surface area contributed by atoms with Gasteiger partial charge in [0.15, 0.2) is 6.61 Å². The minimum Gasteiger partial charge on any atom is -0.452 e. The van der Waals surface area contributed by atoms with Crippen molar-refractivity contribution in [1.29, 1.82) is 0 Å². The number of ether oxygens (including phenoxy) is 1. The van der Waals surface area contributed by atoms with Crippen molar-refractivity contribution in [3.05, 3.63) is 58.1 Å². The Kier molecular flexibility index (Phi) is 5.23. The zero-order chi connectivity index (χ0) is 20.6. The molecular weight excluding hydrogens is 415 g/mol. The summed E-state index contributed by atoms with van der Waals surface area (Å²) in [5.74, 6) is -1.33. The molecule has 2 aliphatic rings. The molecule has 0 radical (unpaired) electrons. The van der Waals surface area contributed by atoms with Crippen molar-refractivity contribution < 1.29 is 19.1 Å². The normalized spacial score (nSPS) is 17.0. The molecule has 0 aromatic heterocycles. The van der Waals surface area contributed by atoms with Gasteiger partial charge in [0.25, 0.3) is 11.8 Å². The van der Waals surface area contributed by atoms with E-state index in [9.17, 15) is 14.4 Å². The van der Waals surface area contributed by atoms with Gasteiger partial charge in [0.05, 0.1) is 27.0 Å². The van der Waals surface area contributed by atoms with Crippen molar-refractivity contribution in [2.24, 2.45) is 0 Å². The number of halogens is 2. The molecule has 6 nitrogen and oxygen atoms in total. The smallest absolute Gasteiger partial charge is 0.338 e. The van der Waals surface area contributed by atoms with Crippen LogP contribution in [0.5, 0.6) is 0 Å². The van der Waals surface area contributed by atoms with Gasteiger partial charge in [-0.1, -0.05) is 48.2 Å². The van der Waals surface area contributed by atoms with Gasteiger partial charge in [-0.05, 0) is 43.2 Å². The second-order valence-electron chi connectivity index (χ2n) is 7.14. The van der Waals surface area contributed by atoms with E-state index in [0.717, 1.165) is 12.8 Å². The Balaban J connectivity index is 1.58. The lowest BCUT2D eigenvalue weighted by Crippen LogP contribution is -2.61. The zero-order valence-corrected chi connectivity index (χ0v) is 16.9. The molecule has 2 amide bonds. The van der Waals surface area contributed by atoms with Crippen LogP contribution < -0.4 is 10.2 Å². The van der Waals surface area contributed by atoms with E-state index in [2.05, 4.69) is 5.32 Å². The van der Waals surface area contributed by atoms with Crippen molar-refractivity contribution >= 4 is 52.4 Å². The Labute approximate surface area is 177 Å². The first-order chi connectivity index (χ1) is 13.9. The molecule has 1 aliphatic carbocycles. The van der Waals surface area contributed by atoms with Gasteiger partial charge in [-0.15, -0.1) is 0 Å². The van der Waals surface area contributed by atoms with Crippen LogP contribution in [0.3, 0.4) is 0 Å². The van der Waals surface area contributed by atoms with Crippen LogP contribution in [0, 0.1) is 0 Å². The number of esters is 1. The van der Waals surface area contributed by atoms with Gasteiger partial charge in [0.2, 0.25) is 0 Å². The quantitative estimate of drug-likeness (QED) is 0.726. The molecule has 1 aliphatic heterocycles. The Hall–Kier alpha value is -2.57. The van der Waals surface area contributed by atoms with Crippen molar-refractivity contribution in [2.45, 2.75) is 31.2 Å². The molecule has 1 saturated carbocycles. The fraction of sp³-hybridized carbons (Fsp3) is 0.286. The third-order valence-corrected chi connectivity index (χ3v) is 6.15. The summed E-state index contributed by atoms with van der Waals surface area (Å²) in [4.78, 5) is 39.9. The number of benzene rings is 2. The average molecular weight is 433 g/mol. The van der Waals surface area contributed by atoms with Crippen LogP contribution in [0.25, 0.3) is 0 Å². The number of para-hydroxylation sites is 2. The number of carbonyl (C=O) groups is 3. The largest absolute Gasteiger partial charge is 0.452 e. The van der Waals surface area contributed by atoms with Crippen LogP contribution in [0.1, 0.15) is 36.0 Å². The highest BCUT2D eigenvalue weighted by molar-refractivity contribution is 6.42. The van der Waals surface area contributed by atoms with Gasteiger partial charge >= 0.3 is 5.97 Å². The molecule has 150 valence electrons. The number of rotatable bonds is 3. The molecule has 29 heavy (non-hydrogen) atoms. The second-order valence-corrected chi connectivity index (χ2v) is 7.96. The van der Waals surface area contributed by atoms with Crippen LogP contribution in [0.4, 0.5) is 11.4 Å². The van der Waals surface area contributed by atoms with Crippen LogP contribution in [0.2, 0.25) is 10.0 Å². The predicted octanol–water partition coefficient (Wildman–Crippen LogP) is 4.45. The minimum atomic E-state index is -0.943. The van der Waals surface area contributed by atoms with Crippen LogP contribution in [-0.2, 0) is 14.3 Å². The molecule has 2 aromatic carbocycles. The Morgan fingerprint density at radius 1 is 1.07 bits per heavy atom. The van der Waals surface area contributed by atoms with E-state index in [-0.39, 0.29) is 16.5 Å². The zero-order valence-electron chi connectivity index (χ0n) is 15.4. The van der Waals surface area contributed by atoms with Crippen molar-refractivity contribution in [1.82, 2.24) is 0 Å². The molecule has 2 aromatic rings. The molecule has 1 N–H and O–H groups in total. The highest BCUT2D eigenvalue weighted by atomic mass is 35.5. The van der Waals surface area contributed by atoms with Gasteiger partial charge in [0, 0.05) is 0 Å². The third kappa shape index (κ3) is 3.47. The number of nitrogens with one attached hydrogen (secondary N) is 1. The molecule has 0 bridgehead atoms. The van der Waals surface area contributed by atoms with E-state index in [1.807, 2.05) is 0 Å². The number of hydrogen-bond acceptors (Lipinski definition) is 4. The maximum absolute atomic E-state index is 13.1. The maximum Gasteiger partial charge on any atom is 0.338 e. The highest BCUT2D eigenvalue weighted by Crippen LogP contribution is 2.45. The third-order valence-electron chi connectivity index (χ3n) is 5.41. The summed E-state index contributed by atoms with van der Waals surface area (Å²) in [5, 5.41) is 3.45. The molecule has 0 atom stereocenters. The first-order valence-corrected chi connectivity index (χ1v) is 10.0. The summed E-state index contributed by atoms with van der Waals surface area (Å²) >= 11 is 11.8. The van der Waals surface area contributed by atoms with Crippen molar-refractivity contribution in [3.8, 4) is 0 Å². The monoisotopic (exact) mass is 432 g/mol. The van der Waals surface area contributed by atoms with Gasteiger partial charge < -0.3 is 10.1 Å². The Morgan fingerprint density at radius 3 is 2.52 bits per heavy atom. The number of nitrogens with zero attached hydrogens (tertiary/aromatic N) is 1.